The zero-order valence-corrected chi connectivity index (χ0v) is 19.3. The Labute approximate surface area is 193 Å². The van der Waals surface area contributed by atoms with Gasteiger partial charge in [-0.3, -0.25) is 4.79 Å². The number of piperazine rings is 1. The summed E-state index contributed by atoms with van der Waals surface area (Å²) in [4.78, 5) is 19.4. The molecule has 2 aromatic carbocycles. The monoisotopic (exact) mass is 454 g/mol. The lowest BCUT2D eigenvalue weighted by Crippen LogP contribution is -2.47. The Morgan fingerprint density at radius 3 is 2.45 bits per heavy atom. The van der Waals surface area contributed by atoms with E-state index in [1.165, 1.54) is 18.2 Å². The van der Waals surface area contributed by atoms with E-state index in [4.69, 9.17) is 0 Å². The number of fused-ring (bicyclic) bond motifs is 1. The number of nitrogens with zero attached hydrogens (tertiary/aromatic N) is 3. The van der Waals surface area contributed by atoms with Crippen LogP contribution in [0.3, 0.4) is 0 Å². The van der Waals surface area contributed by atoms with Gasteiger partial charge < -0.3 is 30.2 Å². The maximum absolute atomic E-state index is 13.6. The van der Waals surface area contributed by atoms with Gasteiger partial charge in [0.25, 0.3) is 5.91 Å². The summed E-state index contributed by atoms with van der Waals surface area (Å²) in [6, 6.07) is 11.2. The summed E-state index contributed by atoms with van der Waals surface area (Å²) in [5.41, 5.74) is 2.16. The number of aliphatic hydroxyl groups excluding tert-OH is 2. The van der Waals surface area contributed by atoms with E-state index in [1.807, 2.05) is 32.0 Å². The predicted molar refractivity (Wildman–Crippen MR) is 129 cm³/mol. The Hall–Kier alpha value is -3.10. The Kier molecular flexibility index (Phi) is 6.58. The number of rotatable bonds is 5. The second-order valence-electron chi connectivity index (χ2n) is 9.11. The molecule has 3 N–H and O–H groups in total. The molecule has 1 saturated heterocycles. The average molecular weight is 455 g/mol. The molecule has 0 bridgehead atoms. The maximum Gasteiger partial charge on any atom is 0.259 e. The van der Waals surface area contributed by atoms with E-state index < -0.39 is 18.0 Å². The molecular weight excluding hydrogens is 423 g/mol. The van der Waals surface area contributed by atoms with Crippen LogP contribution in [0.15, 0.2) is 48.0 Å². The van der Waals surface area contributed by atoms with Crippen molar-refractivity contribution in [2.75, 3.05) is 54.9 Å². The van der Waals surface area contributed by atoms with Gasteiger partial charge >= 0.3 is 0 Å². The fourth-order valence-electron chi connectivity index (χ4n) is 4.45. The van der Waals surface area contributed by atoms with Crippen LogP contribution in [0.25, 0.3) is 5.76 Å². The first-order valence-electron chi connectivity index (χ1n) is 11.3. The minimum absolute atomic E-state index is 0.144. The zero-order chi connectivity index (χ0) is 23.7. The SMILES string of the molecule is CC(C)CN1c2cccc(N3CCN(C)CC3)c2C(O)=C(C(=O)Nc2cccc(F)c2)C1O. The van der Waals surface area contributed by atoms with Crippen LogP contribution in [0, 0.1) is 11.7 Å². The van der Waals surface area contributed by atoms with Crippen LogP contribution in [-0.4, -0.2) is 67.0 Å². The van der Waals surface area contributed by atoms with Crippen molar-refractivity contribution in [3.63, 3.8) is 0 Å². The number of nitrogens with one attached hydrogen (secondary N) is 1. The second-order valence-corrected chi connectivity index (χ2v) is 9.11. The minimum atomic E-state index is -1.34. The molecule has 7 nitrogen and oxygen atoms in total. The van der Waals surface area contributed by atoms with Gasteiger partial charge in [-0.25, -0.2) is 4.39 Å². The first-order valence-corrected chi connectivity index (χ1v) is 11.3. The van der Waals surface area contributed by atoms with E-state index >= 15 is 0 Å². The van der Waals surface area contributed by atoms with Crippen LogP contribution < -0.4 is 15.1 Å². The molecule has 1 unspecified atom stereocenters. The van der Waals surface area contributed by atoms with Crippen molar-refractivity contribution >= 4 is 28.7 Å². The summed E-state index contributed by atoms with van der Waals surface area (Å²) < 4.78 is 13.6. The number of carbonyl (C=O) groups is 1. The highest BCUT2D eigenvalue weighted by molar-refractivity contribution is 6.11. The summed E-state index contributed by atoms with van der Waals surface area (Å²) in [6.45, 7) is 7.90. The second kappa shape index (κ2) is 9.41. The molecule has 0 spiro atoms. The Morgan fingerprint density at radius 2 is 1.79 bits per heavy atom. The van der Waals surface area contributed by atoms with Crippen LogP contribution in [0.2, 0.25) is 0 Å². The summed E-state index contributed by atoms with van der Waals surface area (Å²) in [7, 11) is 2.07. The van der Waals surface area contributed by atoms with Crippen LogP contribution >= 0.6 is 0 Å². The van der Waals surface area contributed by atoms with E-state index in [-0.39, 0.29) is 22.9 Å². The van der Waals surface area contributed by atoms with Gasteiger partial charge in [-0.05, 0) is 43.3 Å². The lowest BCUT2D eigenvalue weighted by molar-refractivity contribution is -0.113. The predicted octanol–water partition coefficient (Wildman–Crippen LogP) is 3.28. The van der Waals surface area contributed by atoms with E-state index in [0.29, 0.717) is 17.8 Å². The number of anilines is 3. The molecule has 1 amide bonds. The molecule has 4 rings (SSSR count). The average Bonchev–Trinajstić information content (AvgIpc) is 2.76. The van der Waals surface area contributed by atoms with Gasteiger partial charge in [0.05, 0.1) is 11.3 Å². The van der Waals surface area contributed by atoms with Crippen molar-refractivity contribution in [3.05, 3.63) is 59.4 Å². The van der Waals surface area contributed by atoms with Crippen LogP contribution in [0.1, 0.15) is 19.4 Å². The Bertz CT molecular complexity index is 1060. The number of carbonyl (C=O) groups excluding carboxylic acids is 1. The lowest BCUT2D eigenvalue weighted by Gasteiger charge is -2.41. The summed E-state index contributed by atoms with van der Waals surface area (Å²) in [6.07, 6.45) is -1.34. The first-order chi connectivity index (χ1) is 15.8. The highest BCUT2D eigenvalue weighted by Gasteiger charge is 2.38. The number of hydrogen-bond donors (Lipinski definition) is 3. The van der Waals surface area contributed by atoms with Crippen LogP contribution in [0.4, 0.5) is 21.5 Å². The van der Waals surface area contributed by atoms with E-state index in [1.54, 1.807) is 11.0 Å². The molecule has 2 aliphatic heterocycles. The van der Waals surface area contributed by atoms with Gasteiger partial charge in [0.1, 0.15) is 17.1 Å². The molecule has 1 fully saturated rings. The van der Waals surface area contributed by atoms with Gasteiger partial charge in [0, 0.05) is 44.1 Å². The van der Waals surface area contributed by atoms with Crippen molar-refractivity contribution in [1.82, 2.24) is 4.90 Å². The molecule has 8 heteroatoms. The maximum atomic E-state index is 13.6. The Morgan fingerprint density at radius 1 is 1.12 bits per heavy atom. The number of amides is 1. The summed E-state index contributed by atoms with van der Waals surface area (Å²) in [5.74, 6) is -1.20. The van der Waals surface area contributed by atoms with Crippen molar-refractivity contribution in [2.45, 2.75) is 20.1 Å². The molecule has 33 heavy (non-hydrogen) atoms. The van der Waals surface area contributed by atoms with Crippen molar-refractivity contribution < 1.29 is 19.4 Å². The Balaban J connectivity index is 1.79. The van der Waals surface area contributed by atoms with Crippen LogP contribution in [-0.2, 0) is 4.79 Å². The standard InChI is InChI=1S/C25H31FN4O3/c1-16(2)15-30-20-9-5-8-19(29-12-10-28(3)11-13-29)21(20)23(31)22(25(30)33)24(32)27-18-7-4-6-17(26)14-18/h4-9,14,16,25,31,33H,10-13,15H2,1-3H3,(H,27,32). The van der Waals surface area contributed by atoms with E-state index in [2.05, 4.69) is 22.2 Å². The number of aliphatic hydroxyl groups is 2. The smallest absolute Gasteiger partial charge is 0.259 e. The molecule has 1 atom stereocenters. The van der Waals surface area contributed by atoms with Gasteiger partial charge in [-0.2, -0.15) is 0 Å². The minimum Gasteiger partial charge on any atom is -0.506 e. The molecule has 0 aliphatic carbocycles. The third kappa shape index (κ3) is 4.67. The summed E-state index contributed by atoms with van der Waals surface area (Å²) >= 11 is 0. The normalized spacial score (nSPS) is 19.2. The molecule has 2 aromatic rings. The van der Waals surface area contributed by atoms with Crippen LogP contribution in [0.5, 0.6) is 0 Å². The molecule has 2 aliphatic rings. The fourth-order valence-corrected chi connectivity index (χ4v) is 4.45. The fraction of sp³-hybridized carbons (Fsp3) is 0.400. The lowest BCUT2D eigenvalue weighted by atomic mass is 9.94. The molecule has 0 saturated carbocycles. The topological polar surface area (TPSA) is 79.3 Å². The molecular formula is C25H31FN4O3. The molecule has 0 radical (unpaired) electrons. The molecule has 176 valence electrons. The quantitative estimate of drug-likeness (QED) is 0.644. The van der Waals surface area contributed by atoms with Crippen molar-refractivity contribution in [1.29, 1.82) is 0 Å². The van der Waals surface area contributed by atoms with E-state index in [9.17, 15) is 19.4 Å². The largest absolute Gasteiger partial charge is 0.506 e. The molecule has 0 aromatic heterocycles. The van der Waals surface area contributed by atoms with Crippen molar-refractivity contribution in [3.8, 4) is 0 Å². The highest BCUT2D eigenvalue weighted by Crippen LogP contribution is 2.42. The van der Waals surface area contributed by atoms with Gasteiger partial charge in [0.2, 0.25) is 0 Å². The number of halogens is 1. The van der Waals surface area contributed by atoms with Gasteiger partial charge in [-0.1, -0.05) is 26.0 Å². The summed E-state index contributed by atoms with van der Waals surface area (Å²) in [5, 5.41) is 25.1. The van der Waals surface area contributed by atoms with Crippen molar-refractivity contribution in [2.24, 2.45) is 5.92 Å². The highest BCUT2D eigenvalue weighted by atomic mass is 19.1. The number of likely N-dealkylation sites (N-methyl/N-ethyl adjacent to an activating group) is 1. The third-order valence-electron chi connectivity index (χ3n) is 6.11. The van der Waals surface area contributed by atoms with Gasteiger partial charge in [0.15, 0.2) is 6.23 Å². The first kappa shape index (κ1) is 23.1. The third-order valence-corrected chi connectivity index (χ3v) is 6.11. The number of hydrogen-bond acceptors (Lipinski definition) is 6. The van der Waals surface area contributed by atoms with E-state index in [0.717, 1.165) is 31.9 Å². The molecule has 2 heterocycles. The van der Waals surface area contributed by atoms with Gasteiger partial charge in [-0.15, -0.1) is 0 Å². The number of benzene rings is 2. The zero-order valence-electron chi connectivity index (χ0n) is 19.3.